The average molecular weight is 462 g/mol. The van der Waals surface area contributed by atoms with Gasteiger partial charge < -0.3 is 0 Å². The van der Waals surface area contributed by atoms with E-state index in [4.69, 9.17) is 0 Å². The average Bonchev–Trinajstić information content (AvgIpc) is 2.58. The SMILES string of the molecule is C=Cc1cccc(-c2cc3c(cc2C)C(C)(C(Br)Br)CCC3(C)C)c1. The molecule has 0 nitrogen and oxygen atoms in total. The first-order valence-electron chi connectivity index (χ1n) is 8.86. The Morgan fingerprint density at radius 1 is 1.04 bits per heavy atom. The Kier molecular flexibility index (Phi) is 5.07. The normalized spacial score (nSPS) is 21.9. The molecule has 0 aromatic heterocycles. The third-order valence-electron chi connectivity index (χ3n) is 5.89. The van der Waals surface area contributed by atoms with Crippen molar-refractivity contribution in [2.75, 3.05) is 0 Å². The molecule has 3 rings (SSSR count). The Balaban J connectivity index is 2.24. The van der Waals surface area contributed by atoms with Crippen molar-refractivity contribution in [3.63, 3.8) is 0 Å². The fraction of sp³-hybridized carbons (Fsp3) is 0.391. The fourth-order valence-electron chi connectivity index (χ4n) is 3.95. The summed E-state index contributed by atoms with van der Waals surface area (Å²) in [5.74, 6) is 0. The minimum atomic E-state index is 0.108. The summed E-state index contributed by atoms with van der Waals surface area (Å²) in [5.41, 5.74) is 8.37. The molecule has 0 radical (unpaired) electrons. The van der Waals surface area contributed by atoms with Crippen molar-refractivity contribution in [2.24, 2.45) is 0 Å². The van der Waals surface area contributed by atoms with Crippen LogP contribution < -0.4 is 0 Å². The molecule has 2 aromatic carbocycles. The van der Waals surface area contributed by atoms with E-state index in [1.54, 1.807) is 0 Å². The van der Waals surface area contributed by atoms with E-state index < -0.39 is 0 Å². The zero-order chi connectivity index (χ0) is 18.4. The second-order valence-electron chi connectivity index (χ2n) is 8.14. The van der Waals surface area contributed by atoms with Gasteiger partial charge in [-0.15, -0.1) is 0 Å². The Hall–Kier alpha value is -0.860. The predicted molar refractivity (Wildman–Crippen MR) is 118 cm³/mol. The molecule has 0 aliphatic heterocycles. The van der Waals surface area contributed by atoms with Gasteiger partial charge in [0.15, 0.2) is 0 Å². The zero-order valence-corrected chi connectivity index (χ0v) is 18.7. The monoisotopic (exact) mass is 460 g/mol. The summed E-state index contributed by atoms with van der Waals surface area (Å²) in [6.45, 7) is 13.3. The molecule has 2 heteroatoms. The minimum absolute atomic E-state index is 0.108. The molecular formula is C23H26Br2. The van der Waals surface area contributed by atoms with Gasteiger partial charge in [-0.1, -0.05) is 95.6 Å². The van der Waals surface area contributed by atoms with Crippen LogP contribution in [0.4, 0.5) is 0 Å². The highest BCUT2D eigenvalue weighted by Crippen LogP contribution is 2.51. The molecule has 2 aromatic rings. The number of rotatable bonds is 3. The molecule has 0 saturated carbocycles. The molecule has 0 amide bonds. The summed E-state index contributed by atoms with van der Waals surface area (Å²) >= 11 is 7.62. The summed E-state index contributed by atoms with van der Waals surface area (Å²) in [5, 5.41) is 0. The molecule has 0 spiro atoms. The molecule has 1 atom stereocenters. The van der Waals surface area contributed by atoms with Crippen molar-refractivity contribution in [1.29, 1.82) is 0 Å². The van der Waals surface area contributed by atoms with E-state index in [9.17, 15) is 0 Å². The van der Waals surface area contributed by atoms with Gasteiger partial charge in [-0.3, -0.25) is 0 Å². The lowest BCUT2D eigenvalue weighted by atomic mass is 9.62. The van der Waals surface area contributed by atoms with Gasteiger partial charge in [0, 0.05) is 5.41 Å². The van der Waals surface area contributed by atoms with Crippen LogP contribution >= 0.6 is 31.9 Å². The van der Waals surface area contributed by atoms with Crippen molar-refractivity contribution < 1.29 is 0 Å². The van der Waals surface area contributed by atoms with E-state index in [0.717, 1.165) is 0 Å². The van der Waals surface area contributed by atoms with Gasteiger partial charge in [-0.25, -0.2) is 0 Å². The molecule has 25 heavy (non-hydrogen) atoms. The molecule has 0 fully saturated rings. The number of aryl methyl sites for hydroxylation is 1. The van der Waals surface area contributed by atoms with Gasteiger partial charge >= 0.3 is 0 Å². The lowest BCUT2D eigenvalue weighted by molar-refractivity contribution is 0.331. The van der Waals surface area contributed by atoms with Gasteiger partial charge in [0.2, 0.25) is 0 Å². The highest BCUT2D eigenvalue weighted by Gasteiger charge is 2.43. The molecule has 0 bridgehead atoms. The van der Waals surface area contributed by atoms with Crippen LogP contribution in [0.15, 0.2) is 43.0 Å². The number of alkyl halides is 2. The minimum Gasteiger partial charge on any atom is -0.0985 e. The number of benzene rings is 2. The molecule has 0 N–H and O–H groups in total. The first kappa shape index (κ1) is 18.9. The Morgan fingerprint density at radius 3 is 2.40 bits per heavy atom. The van der Waals surface area contributed by atoms with E-state index in [2.05, 4.69) is 103 Å². The largest absolute Gasteiger partial charge is 0.0985 e. The van der Waals surface area contributed by atoms with Gasteiger partial charge in [0.1, 0.15) is 0 Å². The van der Waals surface area contributed by atoms with Crippen LogP contribution in [0.5, 0.6) is 0 Å². The summed E-state index contributed by atoms with van der Waals surface area (Å²) in [6, 6.07) is 13.5. The zero-order valence-electron chi connectivity index (χ0n) is 15.5. The molecule has 1 unspecified atom stereocenters. The maximum absolute atomic E-state index is 3.91. The third kappa shape index (κ3) is 3.28. The molecular weight excluding hydrogens is 436 g/mol. The summed E-state index contributed by atoms with van der Waals surface area (Å²) in [6.07, 6.45) is 4.29. The molecule has 0 saturated heterocycles. The standard InChI is InChI=1S/C23H26Br2/c1-6-16-8-7-9-17(13-16)18-14-19-20(12-15(18)2)23(5,21(24)25)11-10-22(19,3)4/h6-9,12-14,21H,1,10-11H2,2-5H3. The third-order valence-corrected chi connectivity index (χ3v) is 7.91. The van der Waals surface area contributed by atoms with Gasteiger partial charge in [-0.2, -0.15) is 0 Å². The second-order valence-corrected chi connectivity index (χ2v) is 11.2. The van der Waals surface area contributed by atoms with Gasteiger partial charge in [0.25, 0.3) is 0 Å². The molecule has 1 aliphatic rings. The quantitative estimate of drug-likeness (QED) is 0.409. The molecule has 1 aliphatic carbocycles. The lowest BCUT2D eigenvalue weighted by Crippen LogP contribution is -2.39. The van der Waals surface area contributed by atoms with E-state index in [0.29, 0.717) is 0 Å². The number of fused-ring (bicyclic) bond motifs is 1. The molecule has 0 heterocycles. The van der Waals surface area contributed by atoms with Crippen molar-refractivity contribution in [3.8, 4) is 11.1 Å². The smallest absolute Gasteiger partial charge is 0.0791 e. The highest BCUT2D eigenvalue weighted by atomic mass is 79.9. The number of hydrogen-bond donors (Lipinski definition) is 0. The topological polar surface area (TPSA) is 0 Å². The first-order chi connectivity index (χ1) is 11.7. The van der Waals surface area contributed by atoms with Crippen molar-refractivity contribution in [3.05, 3.63) is 65.2 Å². The first-order valence-corrected chi connectivity index (χ1v) is 10.7. The van der Waals surface area contributed by atoms with Crippen LogP contribution in [-0.2, 0) is 10.8 Å². The predicted octanol–water partition coefficient (Wildman–Crippen LogP) is 7.75. The van der Waals surface area contributed by atoms with Crippen LogP contribution in [0.2, 0.25) is 0 Å². The maximum atomic E-state index is 3.91. The Bertz CT molecular complexity index is 817. The van der Waals surface area contributed by atoms with Crippen LogP contribution in [0.3, 0.4) is 0 Å². The lowest BCUT2D eigenvalue weighted by Gasteiger charge is -2.45. The van der Waals surface area contributed by atoms with Gasteiger partial charge in [0.05, 0.1) is 3.74 Å². The molecule has 132 valence electrons. The van der Waals surface area contributed by atoms with Crippen LogP contribution in [-0.4, -0.2) is 3.74 Å². The second kappa shape index (κ2) is 6.70. The summed E-state index contributed by atoms with van der Waals surface area (Å²) in [4.78, 5) is 0. The Labute approximate surface area is 169 Å². The van der Waals surface area contributed by atoms with Crippen LogP contribution in [0.1, 0.15) is 55.9 Å². The van der Waals surface area contributed by atoms with E-state index >= 15 is 0 Å². The number of hydrogen-bond acceptors (Lipinski definition) is 0. The summed E-state index contributed by atoms with van der Waals surface area (Å²) in [7, 11) is 0. The number of halogens is 2. The van der Waals surface area contributed by atoms with Crippen molar-refractivity contribution >= 4 is 37.9 Å². The van der Waals surface area contributed by atoms with Crippen LogP contribution in [0, 0.1) is 6.92 Å². The fourth-order valence-corrected chi connectivity index (χ4v) is 4.90. The van der Waals surface area contributed by atoms with Crippen molar-refractivity contribution in [1.82, 2.24) is 0 Å². The van der Waals surface area contributed by atoms with Crippen LogP contribution in [0.25, 0.3) is 17.2 Å². The Morgan fingerprint density at radius 2 is 1.76 bits per heavy atom. The highest BCUT2D eigenvalue weighted by molar-refractivity contribution is 9.24. The van der Waals surface area contributed by atoms with E-state index in [-0.39, 0.29) is 14.6 Å². The van der Waals surface area contributed by atoms with E-state index in [1.165, 1.54) is 46.2 Å². The maximum Gasteiger partial charge on any atom is 0.0791 e. The summed E-state index contributed by atoms with van der Waals surface area (Å²) < 4.78 is 0.275. The van der Waals surface area contributed by atoms with E-state index in [1.807, 2.05) is 6.08 Å². The van der Waals surface area contributed by atoms with Gasteiger partial charge in [-0.05, 0) is 64.6 Å². The van der Waals surface area contributed by atoms with Crippen molar-refractivity contribution in [2.45, 2.75) is 55.1 Å².